The van der Waals surface area contributed by atoms with Crippen LogP contribution in [0, 0.1) is 56.7 Å². The summed E-state index contributed by atoms with van der Waals surface area (Å²) in [6.45, 7) is 19.1. The highest BCUT2D eigenvalue weighted by Crippen LogP contribution is 2.76. The third-order valence-corrected chi connectivity index (χ3v) is 13.6. The van der Waals surface area contributed by atoms with E-state index in [1.54, 1.807) is 6.92 Å². The molecule has 4 saturated carbocycles. The topological polar surface area (TPSA) is 43.4 Å². The van der Waals surface area contributed by atoms with Gasteiger partial charge >= 0.3 is 5.97 Å². The number of fused-ring (bicyclic) bond motifs is 7. The summed E-state index contributed by atoms with van der Waals surface area (Å²) in [5.41, 5.74) is 2.37. The van der Waals surface area contributed by atoms with Gasteiger partial charge in [-0.25, -0.2) is 0 Å². The second-order valence-corrected chi connectivity index (χ2v) is 15.1. The standard InChI is InChI=1S/C32H50O3/c1-20-22(19-33)11-14-29(5)17-18-31(7)23(27(20)29)9-10-25-30(6)15-13-26(35-21(2)34)28(3,4)24(30)12-16-32(25,31)8/h11,19-20,23-27H,9-10,12-18H2,1-8H3. The summed E-state index contributed by atoms with van der Waals surface area (Å²) in [5, 5.41) is 0. The number of hydrogen-bond donors (Lipinski definition) is 0. The maximum atomic E-state index is 11.9. The fourth-order valence-electron chi connectivity index (χ4n) is 11.7. The molecule has 0 N–H and O–H groups in total. The molecule has 0 heterocycles. The van der Waals surface area contributed by atoms with Crippen molar-refractivity contribution in [2.45, 2.75) is 119 Å². The van der Waals surface area contributed by atoms with E-state index in [1.807, 2.05) is 0 Å². The first-order chi connectivity index (χ1) is 16.2. The van der Waals surface area contributed by atoms with E-state index >= 15 is 0 Å². The van der Waals surface area contributed by atoms with Crippen LogP contribution in [0.1, 0.15) is 113 Å². The van der Waals surface area contributed by atoms with Crippen molar-refractivity contribution in [2.24, 2.45) is 56.7 Å². The summed E-state index contributed by atoms with van der Waals surface area (Å²) in [7, 11) is 0. The molecule has 196 valence electrons. The summed E-state index contributed by atoms with van der Waals surface area (Å²) in [5.74, 6) is 2.88. The van der Waals surface area contributed by atoms with Gasteiger partial charge in [0.15, 0.2) is 0 Å². The lowest BCUT2D eigenvalue weighted by Crippen LogP contribution is -2.67. The molecule has 0 bridgehead atoms. The smallest absolute Gasteiger partial charge is 0.302 e. The molecule has 4 fully saturated rings. The van der Waals surface area contributed by atoms with Crippen LogP contribution in [0.25, 0.3) is 0 Å². The van der Waals surface area contributed by atoms with Gasteiger partial charge in [0.05, 0.1) is 0 Å². The summed E-state index contributed by atoms with van der Waals surface area (Å²) in [6, 6.07) is 0. The predicted octanol–water partition coefficient (Wildman–Crippen LogP) is 7.77. The fourth-order valence-corrected chi connectivity index (χ4v) is 11.7. The normalized spacial score (nSPS) is 52.6. The molecule has 10 atom stereocenters. The molecule has 0 amide bonds. The summed E-state index contributed by atoms with van der Waals surface area (Å²) in [4.78, 5) is 23.8. The highest BCUT2D eigenvalue weighted by molar-refractivity contribution is 5.74. The minimum atomic E-state index is -0.129. The molecule has 3 heteroatoms. The molecule has 10 unspecified atom stereocenters. The van der Waals surface area contributed by atoms with Crippen LogP contribution in [0.5, 0.6) is 0 Å². The monoisotopic (exact) mass is 482 g/mol. The van der Waals surface area contributed by atoms with Gasteiger partial charge in [0.25, 0.3) is 0 Å². The van der Waals surface area contributed by atoms with Crippen LogP contribution < -0.4 is 0 Å². The Morgan fingerprint density at radius 1 is 0.914 bits per heavy atom. The first kappa shape index (κ1) is 25.5. The molecule has 5 rings (SSSR count). The van der Waals surface area contributed by atoms with Crippen molar-refractivity contribution in [3.05, 3.63) is 11.6 Å². The van der Waals surface area contributed by atoms with Crippen LogP contribution in [-0.2, 0) is 14.3 Å². The number of rotatable bonds is 2. The van der Waals surface area contributed by atoms with Gasteiger partial charge in [0.1, 0.15) is 12.4 Å². The average molecular weight is 483 g/mol. The molecule has 0 spiro atoms. The van der Waals surface area contributed by atoms with Crippen LogP contribution in [0.15, 0.2) is 11.6 Å². The minimum Gasteiger partial charge on any atom is -0.462 e. The third-order valence-electron chi connectivity index (χ3n) is 13.6. The van der Waals surface area contributed by atoms with E-state index in [0.29, 0.717) is 45.3 Å². The van der Waals surface area contributed by atoms with Gasteiger partial charge in [-0.2, -0.15) is 0 Å². The third kappa shape index (κ3) is 3.27. The number of hydrogen-bond acceptors (Lipinski definition) is 3. The lowest BCUT2D eigenvalue weighted by atomic mass is 9.31. The maximum Gasteiger partial charge on any atom is 0.302 e. The van der Waals surface area contributed by atoms with Gasteiger partial charge in [-0.3, -0.25) is 9.59 Å². The van der Waals surface area contributed by atoms with E-state index in [0.717, 1.165) is 30.6 Å². The minimum absolute atomic E-state index is 0.0183. The Morgan fingerprint density at radius 3 is 2.29 bits per heavy atom. The van der Waals surface area contributed by atoms with E-state index in [2.05, 4.69) is 54.5 Å². The number of carbonyl (C=O) groups is 2. The molecule has 0 aliphatic heterocycles. The van der Waals surface area contributed by atoms with Crippen molar-refractivity contribution in [2.75, 3.05) is 0 Å². The van der Waals surface area contributed by atoms with E-state index in [4.69, 9.17) is 4.74 Å². The molecule has 0 aromatic carbocycles. The van der Waals surface area contributed by atoms with Crippen molar-refractivity contribution < 1.29 is 14.3 Å². The highest BCUT2D eigenvalue weighted by atomic mass is 16.5. The Bertz CT molecular complexity index is 933. The van der Waals surface area contributed by atoms with Crippen LogP contribution >= 0.6 is 0 Å². The molecular weight excluding hydrogens is 432 g/mol. The van der Waals surface area contributed by atoms with E-state index in [1.165, 1.54) is 44.9 Å². The van der Waals surface area contributed by atoms with Crippen molar-refractivity contribution in [3.63, 3.8) is 0 Å². The van der Waals surface area contributed by atoms with E-state index in [9.17, 15) is 9.59 Å². The Labute approximate surface area is 214 Å². The second-order valence-electron chi connectivity index (χ2n) is 15.1. The molecular formula is C32H50O3. The van der Waals surface area contributed by atoms with Crippen molar-refractivity contribution >= 4 is 12.3 Å². The van der Waals surface area contributed by atoms with Crippen molar-refractivity contribution in [3.8, 4) is 0 Å². The van der Waals surface area contributed by atoms with E-state index in [-0.39, 0.29) is 17.5 Å². The average Bonchev–Trinajstić information content (AvgIpc) is 2.76. The quantitative estimate of drug-likeness (QED) is 0.298. The highest BCUT2D eigenvalue weighted by Gasteiger charge is 2.69. The second kappa shape index (κ2) is 7.94. The fraction of sp³-hybridized carbons (Fsp3) is 0.875. The molecule has 0 aromatic heterocycles. The SMILES string of the molecule is CC(=O)OC1CCC2(C)C(CCC3(C)C2CCC2C4C(C)C(C=O)=CCC4(C)CCC23C)C1(C)C. The van der Waals surface area contributed by atoms with Gasteiger partial charge in [0, 0.05) is 12.3 Å². The molecule has 0 saturated heterocycles. The van der Waals surface area contributed by atoms with Crippen molar-refractivity contribution in [1.82, 2.24) is 0 Å². The van der Waals surface area contributed by atoms with Crippen molar-refractivity contribution in [1.29, 1.82) is 0 Å². The van der Waals surface area contributed by atoms with Crippen LogP contribution in [0.3, 0.4) is 0 Å². The summed E-state index contributed by atoms with van der Waals surface area (Å²) >= 11 is 0. The van der Waals surface area contributed by atoms with Gasteiger partial charge in [-0.15, -0.1) is 0 Å². The zero-order chi connectivity index (χ0) is 25.6. The van der Waals surface area contributed by atoms with Gasteiger partial charge in [-0.05, 0) is 115 Å². The molecule has 5 aliphatic carbocycles. The Morgan fingerprint density at radius 2 is 1.63 bits per heavy atom. The lowest BCUT2D eigenvalue weighted by Gasteiger charge is -2.73. The molecule has 5 aliphatic rings. The zero-order valence-electron chi connectivity index (χ0n) is 23.7. The molecule has 0 radical (unpaired) electrons. The predicted molar refractivity (Wildman–Crippen MR) is 141 cm³/mol. The first-order valence-corrected chi connectivity index (χ1v) is 14.6. The van der Waals surface area contributed by atoms with E-state index < -0.39 is 0 Å². The van der Waals surface area contributed by atoms with Crippen LogP contribution in [0.4, 0.5) is 0 Å². The molecule has 0 aromatic rings. The molecule has 3 nitrogen and oxygen atoms in total. The summed E-state index contributed by atoms with van der Waals surface area (Å²) < 4.78 is 5.90. The number of aldehydes is 1. The largest absolute Gasteiger partial charge is 0.462 e. The zero-order valence-corrected chi connectivity index (χ0v) is 23.7. The van der Waals surface area contributed by atoms with Crippen LogP contribution in [-0.4, -0.2) is 18.4 Å². The first-order valence-electron chi connectivity index (χ1n) is 14.6. The number of allylic oxidation sites excluding steroid dienone is 2. The maximum absolute atomic E-state index is 11.9. The molecule has 35 heavy (non-hydrogen) atoms. The Balaban J connectivity index is 1.50. The number of ether oxygens (including phenoxy) is 1. The lowest BCUT2D eigenvalue weighted by molar-refractivity contribution is -0.252. The Kier molecular flexibility index (Phi) is 5.79. The van der Waals surface area contributed by atoms with Gasteiger partial charge < -0.3 is 4.74 Å². The number of esters is 1. The number of carbonyl (C=O) groups excluding carboxylic acids is 2. The summed E-state index contributed by atoms with van der Waals surface area (Å²) in [6.07, 6.45) is 14.5. The van der Waals surface area contributed by atoms with Gasteiger partial charge in [-0.1, -0.05) is 54.5 Å². The van der Waals surface area contributed by atoms with Crippen LogP contribution in [0.2, 0.25) is 0 Å². The Hall–Kier alpha value is -1.12. The van der Waals surface area contributed by atoms with Gasteiger partial charge in [0.2, 0.25) is 0 Å².